The average molecular weight is 885 g/mol. The molecule has 4 amide bonds. The lowest BCUT2D eigenvalue weighted by atomic mass is 10.1. The zero-order valence-electron chi connectivity index (χ0n) is 37.6. The van der Waals surface area contributed by atoms with Crippen LogP contribution in [0.1, 0.15) is 94.9 Å². The summed E-state index contributed by atoms with van der Waals surface area (Å²) in [7, 11) is 3.37. The fourth-order valence-corrected chi connectivity index (χ4v) is 8.82. The van der Waals surface area contributed by atoms with Gasteiger partial charge in [0.25, 0.3) is 0 Å². The Balaban J connectivity index is 1.40. The Morgan fingerprint density at radius 3 is 1.38 bits per heavy atom. The molecule has 0 unspecified atom stereocenters. The summed E-state index contributed by atoms with van der Waals surface area (Å²) in [5.41, 5.74) is 11.8. The van der Waals surface area contributed by atoms with E-state index in [1.54, 1.807) is 65.3 Å². The molecule has 0 bridgehead atoms. The Labute approximate surface area is 364 Å². The van der Waals surface area contributed by atoms with Gasteiger partial charge in [-0.05, 0) is 67.5 Å². The summed E-state index contributed by atoms with van der Waals surface area (Å²) >= 11 is 3.24. The first-order valence-corrected chi connectivity index (χ1v) is 22.8. The van der Waals surface area contributed by atoms with Crippen LogP contribution in [-0.4, -0.2) is 165 Å². The number of thioether (sulfide) groups is 2. The van der Waals surface area contributed by atoms with Crippen molar-refractivity contribution in [3.8, 4) is 0 Å². The number of hydrogen-bond donors (Lipinski definition) is 8. The van der Waals surface area contributed by atoms with Crippen molar-refractivity contribution in [2.75, 3.05) is 53.5 Å². The standard InChI is InChI=1S/C38H72N14O6S2/c1-23(39-11)31(53)41-29(33(55)49-17-13-15-27(49)21-51-35(43-45-47-51)59-37(5,6)7)25(3)57-19-20-58-26(4)30(42-32(54)24(2)40-12)34(56)50-18-14-16-28(50)22-52-36(44-46-48-52)60-38(8,9)10/h23-30,39-40,45-48H,13-22H2,1-12H3,(H,41,53)(H,42,54)/t23-,24-,25+,26+,27-,28-,29-,30-/m0/s1. The van der Waals surface area contributed by atoms with Gasteiger partial charge < -0.3 is 40.5 Å². The van der Waals surface area contributed by atoms with E-state index in [9.17, 15) is 19.2 Å². The van der Waals surface area contributed by atoms with E-state index < -0.39 is 36.4 Å². The lowest BCUT2D eigenvalue weighted by molar-refractivity contribution is -0.144. The number of amidine groups is 2. The highest BCUT2D eigenvalue weighted by Crippen LogP contribution is 2.30. The fourth-order valence-electron chi connectivity index (χ4n) is 7.08. The predicted octanol–water partition coefficient (Wildman–Crippen LogP) is 0.219. The molecule has 8 atom stereocenters. The van der Waals surface area contributed by atoms with Gasteiger partial charge >= 0.3 is 0 Å². The third kappa shape index (κ3) is 14.2. The van der Waals surface area contributed by atoms with Gasteiger partial charge in [0.05, 0.1) is 62.7 Å². The maximum atomic E-state index is 14.3. The van der Waals surface area contributed by atoms with E-state index in [1.807, 2.05) is 19.8 Å². The topological polar surface area (TPSA) is 221 Å². The van der Waals surface area contributed by atoms with Crippen molar-refractivity contribution < 1.29 is 28.7 Å². The molecule has 4 aliphatic rings. The van der Waals surface area contributed by atoms with Crippen molar-refractivity contribution in [2.24, 2.45) is 10.2 Å². The number of likely N-dealkylation sites (tertiary alicyclic amines) is 2. The lowest BCUT2D eigenvalue weighted by Gasteiger charge is -2.35. The molecule has 0 aliphatic carbocycles. The number of likely N-dealkylation sites (N-methyl/N-ethyl adjacent to an activating group) is 2. The van der Waals surface area contributed by atoms with Crippen LogP contribution in [0.3, 0.4) is 0 Å². The molecule has 342 valence electrons. The fraction of sp³-hybridized carbons (Fsp3) is 0.842. The van der Waals surface area contributed by atoms with Crippen LogP contribution in [0.15, 0.2) is 10.2 Å². The zero-order chi connectivity index (χ0) is 44.4. The van der Waals surface area contributed by atoms with Crippen molar-refractivity contribution in [2.45, 2.75) is 153 Å². The SMILES string of the molecule is CN[C@@H](C)C(=O)N[C@H](C(=O)N1CCC[C@H]1CN1NNN=C1SC(C)(C)C)[C@@H](C)OCCO[C@H](C)[C@H](NC(=O)[C@H](C)NC)C(=O)N1CCC[C@H]1CN1NNN=C1SC(C)(C)C. The maximum absolute atomic E-state index is 14.3. The summed E-state index contributed by atoms with van der Waals surface area (Å²) in [5.74, 6) is -1.11. The minimum atomic E-state index is -0.968. The number of carbonyl (C=O) groups is 4. The zero-order valence-corrected chi connectivity index (χ0v) is 39.3. The number of hydrazine groups is 4. The number of ether oxygens (including phenoxy) is 2. The van der Waals surface area contributed by atoms with Crippen molar-refractivity contribution >= 4 is 57.5 Å². The number of rotatable bonds is 19. The summed E-state index contributed by atoms with van der Waals surface area (Å²) in [6.45, 7) is 21.9. The Morgan fingerprint density at radius 1 is 0.683 bits per heavy atom. The van der Waals surface area contributed by atoms with Crippen LogP contribution in [-0.2, 0) is 28.7 Å². The minimum Gasteiger partial charge on any atom is -0.373 e. The van der Waals surface area contributed by atoms with E-state index >= 15 is 0 Å². The molecular weight excluding hydrogens is 813 g/mol. The first-order chi connectivity index (χ1) is 28.2. The molecule has 4 heterocycles. The second-order valence-corrected chi connectivity index (χ2v) is 21.3. The van der Waals surface area contributed by atoms with Gasteiger partial charge in [0.1, 0.15) is 12.1 Å². The van der Waals surface area contributed by atoms with Crippen molar-refractivity contribution in [3.05, 3.63) is 0 Å². The summed E-state index contributed by atoms with van der Waals surface area (Å²) in [5, 5.41) is 26.0. The highest BCUT2D eigenvalue weighted by Gasteiger charge is 2.41. The average Bonchev–Trinajstić information content (AvgIpc) is 4.02. The van der Waals surface area contributed by atoms with E-state index in [0.29, 0.717) is 26.2 Å². The summed E-state index contributed by atoms with van der Waals surface area (Å²) in [6.07, 6.45) is 1.80. The molecule has 0 aromatic carbocycles. The highest BCUT2D eigenvalue weighted by molar-refractivity contribution is 8.15. The van der Waals surface area contributed by atoms with E-state index in [2.05, 4.69) is 95.2 Å². The van der Waals surface area contributed by atoms with Crippen LogP contribution in [0.25, 0.3) is 0 Å². The smallest absolute Gasteiger partial charge is 0.248 e. The molecule has 0 aromatic heterocycles. The molecule has 20 nitrogen and oxygen atoms in total. The van der Waals surface area contributed by atoms with Crippen molar-refractivity contribution in [3.63, 3.8) is 0 Å². The molecular formula is C38H72N14O6S2. The quantitative estimate of drug-likeness (QED) is 0.0814. The molecule has 2 saturated heterocycles. The Bertz CT molecular complexity index is 1420. The molecule has 60 heavy (non-hydrogen) atoms. The first-order valence-electron chi connectivity index (χ1n) is 21.1. The van der Waals surface area contributed by atoms with E-state index in [4.69, 9.17) is 9.47 Å². The first kappa shape index (κ1) is 49.5. The van der Waals surface area contributed by atoms with Gasteiger partial charge in [-0.25, -0.2) is 11.1 Å². The molecule has 4 aliphatic heterocycles. The van der Waals surface area contributed by atoms with Gasteiger partial charge in [-0.3, -0.25) is 29.2 Å². The van der Waals surface area contributed by atoms with Crippen LogP contribution in [0.5, 0.6) is 0 Å². The minimum absolute atomic E-state index is 0.0643. The summed E-state index contributed by atoms with van der Waals surface area (Å²) in [4.78, 5) is 58.7. The number of hydrazone groups is 2. The van der Waals surface area contributed by atoms with Gasteiger partial charge in [0, 0.05) is 22.6 Å². The summed E-state index contributed by atoms with van der Waals surface area (Å²) < 4.78 is 12.3. The lowest BCUT2D eigenvalue weighted by Crippen LogP contribution is -2.59. The predicted molar refractivity (Wildman–Crippen MR) is 237 cm³/mol. The normalized spacial score (nSPS) is 22.7. The van der Waals surface area contributed by atoms with Gasteiger partial charge in [-0.2, -0.15) is 0 Å². The van der Waals surface area contributed by atoms with Crippen LogP contribution < -0.4 is 43.4 Å². The molecule has 0 radical (unpaired) electrons. The van der Waals surface area contributed by atoms with Crippen LogP contribution in [0.2, 0.25) is 0 Å². The third-order valence-corrected chi connectivity index (χ3v) is 12.8. The van der Waals surface area contributed by atoms with Crippen LogP contribution in [0.4, 0.5) is 0 Å². The molecule has 4 rings (SSSR count). The van der Waals surface area contributed by atoms with Gasteiger partial charge in [0.15, 0.2) is 0 Å². The second-order valence-electron chi connectivity index (χ2n) is 17.7. The van der Waals surface area contributed by atoms with E-state index in [1.165, 1.54) is 0 Å². The third-order valence-electron chi connectivity index (χ3n) is 10.6. The number of hydrogen-bond acceptors (Lipinski definition) is 18. The monoisotopic (exact) mass is 885 g/mol. The molecule has 0 saturated carbocycles. The molecule has 2 fully saturated rings. The van der Waals surface area contributed by atoms with Crippen molar-refractivity contribution in [1.82, 2.24) is 63.2 Å². The van der Waals surface area contributed by atoms with Gasteiger partial charge in [-0.15, -0.1) is 21.3 Å². The molecule has 0 aromatic rings. The van der Waals surface area contributed by atoms with E-state index in [-0.39, 0.29) is 58.4 Å². The number of amides is 4. The van der Waals surface area contributed by atoms with Crippen molar-refractivity contribution in [1.29, 1.82) is 0 Å². The Kier molecular flexibility index (Phi) is 18.4. The highest BCUT2D eigenvalue weighted by atomic mass is 32.2. The van der Waals surface area contributed by atoms with Crippen LogP contribution >= 0.6 is 23.5 Å². The maximum Gasteiger partial charge on any atom is 0.248 e. The molecule has 22 heteroatoms. The van der Waals surface area contributed by atoms with E-state index in [0.717, 1.165) is 36.0 Å². The van der Waals surface area contributed by atoms with Gasteiger partial charge in [0.2, 0.25) is 34.0 Å². The largest absolute Gasteiger partial charge is 0.373 e. The summed E-state index contributed by atoms with van der Waals surface area (Å²) in [6, 6.07) is -3.26. The number of carbonyl (C=O) groups excluding carboxylic acids is 4. The van der Waals surface area contributed by atoms with Crippen LogP contribution in [0, 0.1) is 0 Å². The number of nitrogens with one attached hydrogen (secondary N) is 8. The number of nitrogens with zero attached hydrogens (tertiary/aromatic N) is 6. The Hall–Kier alpha value is -3.12. The van der Waals surface area contributed by atoms with Gasteiger partial charge in [-0.1, -0.05) is 65.1 Å². The second kappa shape index (κ2) is 22.3. The Morgan fingerprint density at radius 2 is 1.05 bits per heavy atom. The molecule has 8 N–H and O–H groups in total. The molecule has 0 spiro atoms.